The number of guanidine groups is 1. The highest BCUT2D eigenvalue weighted by Crippen LogP contribution is 2.15. The van der Waals surface area contributed by atoms with E-state index in [1.54, 1.807) is 0 Å². The quantitative estimate of drug-likeness (QED) is 0.346. The summed E-state index contributed by atoms with van der Waals surface area (Å²) in [5.74, 6) is 1.03. The lowest BCUT2D eigenvalue weighted by atomic mass is 10.2. The molecule has 8 heteroatoms. The summed E-state index contributed by atoms with van der Waals surface area (Å²) >= 11 is 0. The van der Waals surface area contributed by atoms with Gasteiger partial charge in [-0.3, -0.25) is 4.79 Å². The van der Waals surface area contributed by atoms with E-state index in [1.807, 2.05) is 41.0 Å². The number of hydrogen-bond donors (Lipinski definition) is 3. The molecule has 30 heavy (non-hydrogen) atoms. The fraction of sp³-hybridized carbons (Fsp3) is 0.591. The summed E-state index contributed by atoms with van der Waals surface area (Å²) in [6.45, 7) is 7.45. The van der Waals surface area contributed by atoms with E-state index in [0.717, 1.165) is 82.2 Å². The van der Waals surface area contributed by atoms with Gasteiger partial charge < -0.3 is 25.8 Å². The van der Waals surface area contributed by atoms with Crippen molar-refractivity contribution in [3.8, 4) is 0 Å². The number of carbonyl (C=O) groups excluding carboxylic acids is 2. The summed E-state index contributed by atoms with van der Waals surface area (Å²) < 4.78 is 0. The van der Waals surface area contributed by atoms with E-state index in [2.05, 4.69) is 20.9 Å². The second-order valence-electron chi connectivity index (χ2n) is 7.78. The molecule has 0 aromatic heterocycles. The van der Waals surface area contributed by atoms with Gasteiger partial charge in [0.15, 0.2) is 5.96 Å². The van der Waals surface area contributed by atoms with Crippen molar-refractivity contribution in [2.24, 2.45) is 4.99 Å². The molecule has 0 unspecified atom stereocenters. The number of urea groups is 1. The van der Waals surface area contributed by atoms with Crippen LogP contribution in [0, 0.1) is 0 Å². The molecule has 2 heterocycles. The van der Waals surface area contributed by atoms with Gasteiger partial charge in [-0.1, -0.05) is 12.1 Å². The second-order valence-corrected chi connectivity index (χ2v) is 7.78. The van der Waals surface area contributed by atoms with Crippen LogP contribution in [0.25, 0.3) is 0 Å². The van der Waals surface area contributed by atoms with Gasteiger partial charge in [0.25, 0.3) is 0 Å². The smallest absolute Gasteiger partial charge is 0.321 e. The lowest BCUT2D eigenvalue weighted by Crippen LogP contribution is -2.39. The Morgan fingerprint density at radius 1 is 1.13 bits per heavy atom. The maximum atomic E-state index is 12.3. The average Bonchev–Trinajstić information content (AvgIpc) is 3.42. The largest absolute Gasteiger partial charge is 0.357 e. The molecule has 8 nitrogen and oxygen atoms in total. The molecular formula is C22H34N6O2. The number of anilines is 1. The molecule has 0 bridgehead atoms. The van der Waals surface area contributed by atoms with Gasteiger partial charge in [0, 0.05) is 51.4 Å². The first-order valence-corrected chi connectivity index (χ1v) is 11.1. The molecule has 2 fully saturated rings. The standard InChI is InChI=1S/C22H34N6O2/c1-2-23-21(24-11-7-15-27-14-6-10-20(27)29)25-17-18-8-5-9-19(16-18)26-22(30)28-12-3-4-13-28/h5,8-9,16H,2-4,6-7,10-15,17H2,1H3,(H,26,30)(H2,23,24,25). The second kappa shape index (κ2) is 11.4. The van der Waals surface area contributed by atoms with Gasteiger partial charge in [0.2, 0.25) is 5.91 Å². The number of aliphatic imine (C=N–C) groups is 1. The van der Waals surface area contributed by atoms with Gasteiger partial charge in [0.1, 0.15) is 0 Å². The van der Waals surface area contributed by atoms with Crippen LogP contribution in [0.4, 0.5) is 10.5 Å². The minimum atomic E-state index is -0.0281. The summed E-state index contributed by atoms with van der Waals surface area (Å²) in [5.41, 5.74) is 1.84. The minimum Gasteiger partial charge on any atom is -0.357 e. The van der Waals surface area contributed by atoms with Crippen molar-refractivity contribution in [1.29, 1.82) is 0 Å². The Balaban J connectivity index is 1.47. The van der Waals surface area contributed by atoms with Crippen LogP contribution in [0.5, 0.6) is 0 Å². The summed E-state index contributed by atoms with van der Waals surface area (Å²) in [7, 11) is 0. The van der Waals surface area contributed by atoms with Crippen molar-refractivity contribution in [3.05, 3.63) is 29.8 Å². The number of nitrogens with one attached hydrogen (secondary N) is 3. The molecule has 0 saturated carbocycles. The maximum absolute atomic E-state index is 12.3. The Morgan fingerprint density at radius 2 is 1.97 bits per heavy atom. The lowest BCUT2D eigenvalue weighted by molar-refractivity contribution is -0.127. The predicted octanol–water partition coefficient (Wildman–Crippen LogP) is 2.38. The number of hydrogen-bond acceptors (Lipinski definition) is 3. The summed E-state index contributed by atoms with van der Waals surface area (Å²) in [6, 6.07) is 7.80. The molecule has 3 N–H and O–H groups in total. The summed E-state index contributed by atoms with van der Waals surface area (Å²) in [5, 5.41) is 9.58. The van der Waals surface area contributed by atoms with Crippen LogP contribution in [-0.4, -0.2) is 67.0 Å². The number of likely N-dealkylation sites (tertiary alicyclic amines) is 2. The topological polar surface area (TPSA) is 89.1 Å². The number of nitrogens with zero attached hydrogens (tertiary/aromatic N) is 3. The fourth-order valence-corrected chi connectivity index (χ4v) is 3.80. The van der Waals surface area contributed by atoms with Gasteiger partial charge in [-0.05, 0) is 50.3 Å². The van der Waals surface area contributed by atoms with Crippen LogP contribution >= 0.6 is 0 Å². The zero-order chi connectivity index (χ0) is 21.2. The van der Waals surface area contributed by atoms with E-state index in [0.29, 0.717) is 13.0 Å². The first-order chi connectivity index (χ1) is 14.7. The summed E-state index contributed by atoms with van der Waals surface area (Å²) in [6.07, 6.45) is 4.73. The van der Waals surface area contributed by atoms with Crippen molar-refractivity contribution in [1.82, 2.24) is 20.4 Å². The highest BCUT2D eigenvalue weighted by atomic mass is 16.2. The highest BCUT2D eigenvalue weighted by molar-refractivity contribution is 5.89. The third-order valence-electron chi connectivity index (χ3n) is 5.40. The Labute approximate surface area is 179 Å². The first kappa shape index (κ1) is 21.9. The van der Waals surface area contributed by atoms with Crippen molar-refractivity contribution in [2.45, 2.75) is 45.6 Å². The van der Waals surface area contributed by atoms with Crippen LogP contribution < -0.4 is 16.0 Å². The van der Waals surface area contributed by atoms with E-state index >= 15 is 0 Å². The molecule has 164 valence electrons. The molecule has 2 aliphatic heterocycles. The molecule has 0 radical (unpaired) electrons. The molecule has 3 amide bonds. The molecule has 3 rings (SSSR count). The highest BCUT2D eigenvalue weighted by Gasteiger charge is 2.19. The van der Waals surface area contributed by atoms with Gasteiger partial charge in [-0.2, -0.15) is 0 Å². The average molecular weight is 415 g/mol. The van der Waals surface area contributed by atoms with Crippen LogP contribution in [0.2, 0.25) is 0 Å². The van der Waals surface area contributed by atoms with Crippen LogP contribution in [0.15, 0.2) is 29.3 Å². The van der Waals surface area contributed by atoms with Crippen LogP contribution in [-0.2, 0) is 11.3 Å². The number of benzene rings is 1. The third kappa shape index (κ3) is 6.64. The molecule has 2 saturated heterocycles. The van der Waals surface area contributed by atoms with Gasteiger partial charge in [0.05, 0.1) is 6.54 Å². The molecule has 2 aliphatic rings. The van der Waals surface area contributed by atoms with Crippen molar-refractivity contribution < 1.29 is 9.59 Å². The normalized spacial score (nSPS) is 16.8. The summed E-state index contributed by atoms with van der Waals surface area (Å²) in [4.78, 5) is 32.4. The zero-order valence-corrected chi connectivity index (χ0v) is 18.0. The Kier molecular flexibility index (Phi) is 8.35. The van der Waals surface area contributed by atoms with E-state index in [1.165, 1.54) is 0 Å². The SMILES string of the molecule is CCNC(=NCc1cccc(NC(=O)N2CCCC2)c1)NCCCN1CCCC1=O. The van der Waals surface area contributed by atoms with E-state index in [-0.39, 0.29) is 11.9 Å². The van der Waals surface area contributed by atoms with Crippen molar-refractivity contribution in [3.63, 3.8) is 0 Å². The predicted molar refractivity (Wildman–Crippen MR) is 120 cm³/mol. The Morgan fingerprint density at radius 3 is 2.70 bits per heavy atom. The third-order valence-corrected chi connectivity index (χ3v) is 5.40. The number of amides is 3. The Bertz CT molecular complexity index is 745. The maximum Gasteiger partial charge on any atom is 0.321 e. The van der Waals surface area contributed by atoms with Crippen LogP contribution in [0.3, 0.4) is 0 Å². The van der Waals surface area contributed by atoms with Gasteiger partial charge in [-0.25, -0.2) is 9.79 Å². The van der Waals surface area contributed by atoms with E-state index < -0.39 is 0 Å². The molecule has 0 aliphatic carbocycles. The van der Waals surface area contributed by atoms with E-state index in [4.69, 9.17) is 0 Å². The zero-order valence-electron chi connectivity index (χ0n) is 18.0. The Hall–Kier alpha value is -2.77. The van der Waals surface area contributed by atoms with Gasteiger partial charge in [-0.15, -0.1) is 0 Å². The van der Waals surface area contributed by atoms with E-state index in [9.17, 15) is 9.59 Å². The van der Waals surface area contributed by atoms with Gasteiger partial charge >= 0.3 is 6.03 Å². The molecule has 0 atom stereocenters. The van der Waals surface area contributed by atoms with Crippen LogP contribution in [0.1, 0.15) is 44.6 Å². The number of rotatable bonds is 8. The first-order valence-electron chi connectivity index (χ1n) is 11.1. The fourth-order valence-electron chi connectivity index (χ4n) is 3.80. The molecular weight excluding hydrogens is 380 g/mol. The van der Waals surface area contributed by atoms with Crippen molar-refractivity contribution >= 4 is 23.6 Å². The molecule has 1 aromatic rings. The van der Waals surface area contributed by atoms with Crippen molar-refractivity contribution in [2.75, 3.05) is 44.6 Å². The number of carbonyl (C=O) groups is 2. The monoisotopic (exact) mass is 414 g/mol. The minimum absolute atomic E-state index is 0.0281. The molecule has 1 aromatic carbocycles. The lowest BCUT2D eigenvalue weighted by Gasteiger charge is -2.17. The molecule has 0 spiro atoms.